The van der Waals surface area contributed by atoms with Crippen LogP contribution in [0, 0.1) is 11.3 Å². The number of rotatable bonds is 3. The number of aromatic nitrogens is 3. The fourth-order valence-corrected chi connectivity index (χ4v) is 2.18. The molecule has 92 valence electrons. The van der Waals surface area contributed by atoms with Gasteiger partial charge in [-0.05, 0) is 29.8 Å². The summed E-state index contributed by atoms with van der Waals surface area (Å²) in [5, 5.41) is 8.92. The first kappa shape index (κ1) is 11.4. The Balaban J connectivity index is 2.10. The molecule has 0 amide bonds. The third-order valence-electron chi connectivity index (χ3n) is 3.06. The minimum atomic E-state index is 0.319. The molecule has 0 aliphatic carbocycles. The molecule has 19 heavy (non-hydrogen) atoms. The van der Waals surface area contributed by atoms with E-state index in [4.69, 9.17) is 5.26 Å². The molecule has 0 spiro atoms. The van der Waals surface area contributed by atoms with E-state index in [9.17, 15) is 0 Å². The number of nitrogens with zero attached hydrogens (tertiary/aromatic N) is 4. The van der Waals surface area contributed by atoms with Gasteiger partial charge in [0.2, 0.25) is 0 Å². The van der Waals surface area contributed by atoms with Crippen LogP contribution in [0.2, 0.25) is 0 Å². The molecule has 0 fully saturated rings. The molecule has 0 saturated heterocycles. The van der Waals surface area contributed by atoms with Crippen LogP contribution in [0.4, 0.5) is 0 Å². The molecule has 1 aromatic carbocycles. The topological polar surface area (TPSA) is 54.5 Å². The highest BCUT2D eigenvalue weighted by Crippen LogP contribution is 2.18. The van der Waals surface area contributed by atoms with Crippen molar-refractivity contribution in [1.82, 2.24) is 14.5 Å². The first-order valence-corrected chi connectivity index (χ1v) is 6.08. The molecule has 4 heteroatoms. The Hall–Kier alpha value is -2.67. The Labute approximate surface area is 111 Å². The van der Waals surface area contributed by atoms with Gasteiger partial charge in [0.25, 0.3) is 0 Å². The lowest BCUT2D eigenvalue weighted by Gasteiger charge is -2.07. The Morgan fingerprint density at radius 3 is 2.68 bits per heavy atom. The van der Waals surface area contributed by atoms with Crippen LogP contribution < -0.4 is 0 Å². The predicted molar refractivity (Wildman–Crippen MR) is 72.4 cm³/mol. The number of hydrogen-bond acceptors (Lipinski definition) is 3. The van der Waals surface area contributed by atoms with Gasteiger partial charge in [0.15, 0.2) is 0 Å². The lowest BCUT2D eigenvalue weighted by atomic mass is 10.2. The highest BCUT2D eigenvalue weighted by molar-refractivity contribution is 5.76. The maximum absolute atomic E-state index is 8.92. The summed E-state index contributed by atoms with van der Waals surface area (Å²) in [5.41, 5.74) is 3.14. The smallest absolute Gasteiger partial charge is 0.124 e. The molecule has 3 aromatic rings. The van der Waals surface area contributed by atoms with E-state index < -0.39 is 0 Å². The summed E-state index contributed by atoms with van der Waals surface area (Å²) in [6, 6.07) is 14.1. The molecule has 2 heterocycles. The summed E-state index contributed by atoms with van der Waals surface area (Å²) < 4.78 is 2.09. The fourth-order valence-electron chi connectivity index (χ4n) is 2.18. The molecule has 0 saturated carbocycles. The summed E-state index contributed by atoms with van der Waals surface area (Å²) in [6.07, 6.45) is 3.87. The van der Waals surface area contributed by atoms with Gasteiger partial charge in [0, 0.05) is 18.9 Å². The molecule has 4 nitrogen and oxygen atoms in total. The average Bonchev–Trinajstić information content (AvgIpc) is 2.79. The van der Waals surface area contributed by atoms with E-state index in [0.29, 0.717) is 13.0 Å². The zero-order valence-corrected chi connectivity index (χ0v) is 10.3. The summed E-state index contributed by atoms with van der Waals surface area (Å²) in [4.78, 5) is 8.54. The lowest BCUT2D eigenvalue weighted by Crippen LogP contribution is -2.04. The van der Waals surface area contributed by atoms with Crippen molar-refractivity contribution >= 4 is 11.0 Å². The highest BCUT2D eigenvalue weighted by Gasteiger charge is 2.10. The van der Waals surface area contributed by atoms with Gasteiger partial charge < -0.3 is 4.57 Å². The normalized spacial score (nSPS) is 10.5. The van der Waals surface area contributed by atoms with Gasteiger partial charge in [-0.1, -0.05) is 12.1 Å². The van der Waals surface area contributed by atoms with E-state index >= 15 is 0 Å². The zero-order chi connectivity index (χ0) is 13.1. The van der Waals surface area contributed by atoms with E-state index in [0.717, 1.165) is 22.4 Å². The molecule has 0 radical (unpaired) electrons. The first-order valence-electron chi connectivity index (χ1n) is 6.08. The van der Waals surface area contributed by atoms with Gasteiger partial charge in [-0.2, -0.15) is 5.26 Å². The van der Waals surface area contributed by atoms with Crippen molar-refractivity contribution in [2.24, 2.45) is 0 Å². The molecule has 0 aliphatic rings. The second kappa shape index (κ2) is 4.91. The van der Waals surface area contributed by atoms with Crippen molar-refractivity contribution in [3.63, 3.8) is 0 Å². The quantitative estimate of drug-likeness (QED) is 0.715. The van der Waals surface area contributed by atoms with Crippen molar-refractivity contribution in [3.05, 3.63) is 60.2 Å². The van der Waals surface area contributed by atoms with E-state index in [1.165, 1.54) is 0 Å². The highest BCUT2D eigenvalue weighted by atomic mass is 15.1. The molecule has 0 aliphatic heterocycles. The molecule has 2 aromatic heterocycles. The molecule has 0 unspecified atom stereocenters. The molecule has 0 atom stereocenters. The minimum absolute atomic E-state index is 0.319. The molecule has 3 rings (SSSR count). The van der Waals surface area contributed by atoms with Crippen molar-refractivity contribution in [2.45, 2.75) is 13.0 Å². The van der Waals surface area contributed by atoms with Crippen molar-refractivity contribution in [2.75, 3.05) is 0 Å². The second-order valence-electron chi connectivity index (χ2n) is 4.29. The summed E-state index contributed by atoms with van der Waals surface area (Å²) in [6.45, 7) is 0.708. The summed E-state index contributed by atoms with van der Waals surface area (Å²) in [7, 11) is 0. The van der Waals surface area contributed by atoms with Gasteiger partial charge >= 0.3 is 0 Å². The average molecular weight is 248 g/mol. The Morgan fingerprint density at radius 1 is 1.11 bits per heavy atom. The molecular weight excluding hydrogens is 236 g/mol. The van der Waals surface area contributed by atoms with E-state index in [-0.39, 0.29) is 0 Å². The SMILES string of the molecule is N#CCc1nc2ccccc2n1Cc1ccncc1. The molecule has 0 bridgehead atoms. The predicted octanol–water partition coefficient (Wildman–Crippen LogP) is 2.55. The monoisotopic (exact) mass is 248 g/mol. The number of nitriles is 1. The molecule has 0 N–H and O–H groups in total. The number of para-hydroxylation sites is 2. The van der Waals surface area contributed by atoms with Crippen LogP contribution in [-0.2, 0) is 13.0 Å². The number of fused-ring (bicyclic) bond motifs is 1. The summed E-state index contributed by atoms with van der Waals surface area (Å²) >= 11 is 0. The van der Waals surface area contributed by atoms with Gasteiger partial charge in [-0.25, -0.2) is 4.98 Å². The Kier molecular flexibility index (Phi) is 2.95. The largest absolute Gasteiger partial charge is 0.323 e. The second-order valence-corrected chi connectivity index (χ2v) is 4.29. The van der Waals surface area contributed by atoms with E-state index in [1.54, 1.807) is 12.4 Å². The number of hydrogen-bond donors (Lipinski definition) is 0. The van der Waals surface area contributed by atoms with Crippen LogP contribution in [0.15, 0.2) is 48.8 Å². The van der Waals surface area contributed by atoms with Crippen LogP contribution in [0.1, 0.15) is 11.4 Å². The van der Waals surface area contributed by atoms with Crippen LogP contribution in [0.25, 0.3) is 11.0 Å². The number of pyridine rings is 1. The van der Waals surface area contributed by atoms with Crippen molar-refractivity contribution in [3.8, 4) is 6.07 Å². The summed E-state index contributed by atoms with van der Waals surface area (Å²) in [5.74, 6) is 0.806. The maximum atomic E-state index is 8.92. The first-order chi connectivity index (χ1) is 9.38. The molecular formula is C15H12N4. The zero-order valence-electron chi connectivity index (χ0n) is 10.3. The maximum Gasteiger partial charge on any atom is 0.124 e. The van der Waals surface area contributed by atoms with Crippen LogP contribution in [0.5, 0.6) is 0 Å². The van der Waals surface area contributed by atoms with E-state index in [1.807, 2.05) is 36.4 Å². The Bertz CT molecular complexity index is 738. The third-order valence-corrected chi connectivity index (χ3v) is 3.06. The van der Waals surface area contributed by atoms with Gasteiger partial charge in [0.1, 0.15) is 5.82 Å². The lowest BCUT2D eigenvalue weighted by molar-refractivity contribution is 0.768. The van der Waals surface area contributed by atoms with Gasteiger partial charge in [-0.3, -0.25) is 4.98 Å². The van der Waals surface area contributed by atoms with Crippen LogP contribution in [-0.4, -0.2) is 14.5 Å². The Morgan fingerprint density at radius 2 is 1.89 bits per heavy atom. The van der Waals surface area contributed by atoms with Crippen LogP contribution in [0.3, 0.4) is 0 Å². The van der Waals surface area contributed by atoms with Gasteiger partial charge in [0.05, 0.1) is 23.5 Å². The van der Waals surface area contributed by atoms with Gasteiger partial charge in [-0.15, -0.1) is 0 Å². The van der Waals surface area contributed by atoms with E-state index in [2.05, 4.69) is 20.6 Å². The number of benzene rings is 1. The van der Waals surface area contributed by atoms with Crippen molar-refractivity contribution < 1.29 is 0 Å². The van der Waals surface area contributed by atoms with Crippen molar-refractivity contribution in [1.29, 1.82) is 5.26 Å². The number of imidazole rings is 1. The minimum Gasteiger partial charge on any atom is -0.323 e. The van der Waals surface area contributed by atoms with Crippen LogP contribution >= 0.6 is 0 Å². The third kappa shape index (κ3) is 2.18. The standard InChI is InChI=1S/C15H12N4/c16-8-5-15-18-13-3-1-2-4-14(13)19(15)11-12-6-9-17-10-7-12/h1-4,6-7,9-10H,5,11H2. The fraction of sp³-hybridized carbons (Fsp3) is 0.133.